The molecule has 2 heteroatoms. The van der Waals surface area contributed by atoms with Crippen molar-refractivity contribution in [1.29, 1.82) is 0 Å². The molecule has 0 heterocycles. The fourth-order valence-electron chi connectivity index (χ4n) is 2.66. The summed E-state index contributed by atoms with van der Waals surface area (Å²) in [6.45, 7) is 4.66. The Hall–Kier alpha value is -0.0800. The maximum atomic E-state index is 9.38. The summed E-state index contributed by atoms with van der Waals surface area (Å²) in [6.07, 6.45) is 4.42. The van der Waals surface area contributed by atoms with E-state index < -0.39 is 0 Å². The zero-order valence-corrected chi connectivity index (χ0v) is 8.66. The van der Waals surface area contributed by atoms with Gasteiger partial charge in [-0.25, -0.2) is 0 Å². The molecule has 13 heavy (non-hydrogen) atoms. The molecule has 2 rings (SSSR count). The van der Waals surface area contributed by atoms with Crippen molar-refractivity contribution < 1.29 is 5.11 Å². The van der Waals surface area contributed by atoms with Gasteiger partial charge in [0, 0.05) is 12.1 Å². The lowest BCUT2D eigenvalue weighted by Crippen LogP contribution is -2.51. The van der Waals surface area contributed by atoms with Crippen LogP contribution in [-0.2, 0) is 0 Å². The van der Waals surface area contributed by atoms with Crippen molar-refractivity contribution in [2.24, 2.45) is 11.8 Å². The van der Waals surface area contributed by atoms with Crippen molar-refractivity contribution in [3.8, 4) is 0 Å². The highest BCUT2D eigenvalue weighted by molar-refractivity contribution is 4.93. The van der Waals surface area contributed by atoms with Gasteiger partial charge in [-0.1, -0.05) is 13.8 Å². The summed E-state index contributed by atoms with van der Waals surface area (Å²) in [5.41, 5.74) is 0. The quantitative estimate of drug-likeness (QED) is 0.680. The van der Waals surface area contributed by atoms with Crippen molar-refractivity contribution >= 4 is 0 Å². The van der Waals surface area contributed by atoms with E-state index in [1.165, 1.54) is 12.8 Å². The molecule has 2 fully saturated rings. The zero-order valence-electron chi connectivity index (χ0n) is 8.66. The summed E-state index contributed by atoms with van der Waals surface area (Å²) in [7, 11) is 0. The van der Waals surface area contributed by atoms with Crippen molar-refractivity contribution in [3.05, 3.63) is 0 Å². The fourth-order valence-corrected chi connectivity index (χ4v) is 2.66. The molecule has 2 aliphatic carbocycles. The smallest absolute Gasteiger partial charge is 0.0555 e. The number of rotatable bonds is 2. The Bertz CT molecular complexity index is 181. The van der Waals surface area contributed by atoms with E-state index in [9.17, 15) is 5.11 Å². The third kappa shape index (κ3) is 1.89. The normalized spacial score (nSPS) is 50.5. The van der Waals surface area contributed by atoms with Crippen LogP contribution >= 0.6 is 0 Å². The van der Waals surface area contributed by atoms with Gasteiger partial charge >= 0.3 is 0 Å². The van der Waals surface area contributed by atoms with Gasteiger partial charge in [0.25, 0.3) is 0 Å². The average molecular weight is 183 g/mol. The lowest BCUT2D eigenvalue weighted by molar-refractivity contribution is 0.121. The minimum absolute atomic E-state index is 0.0368. The van der Waals surface area contributed by atoms with Crippen LogP contribution in [0.1, 0.15) is 39.5 Å². The molecule has 0 bridgehead atoms. The first-order chi connectivity index (χ1) is 6.16. The molecule has 2 nitrogen and oxygen atoms in total. The summed E-state index contributed by atoms with van der Waals surface area (Å²) in [5.74, 6) is 1.72. The summed E-state index contributed by atoms with van der Waals surface area (Å²) in [6, 6.07) is 1.32. The molecule has 2 N–H and O–H groups in total. The van der Waals surface area contributed by atoms with Crippen molar-refractivity contribution in [2.45, 2.75) is 57.7 Å². The van der Waals surface area contributed by atoms with Crippen molar-refractivity contribution in [3.63, 3.8) is 0 Å². The van der Waals surface area contributed by atoms with E-state index >= 15 is 0 Å². The van der Waals surface area contributed by atoms with E-state index in [0.717, 1.165) is 30.7 Å². The Morgan fingerprint density at radius 1 is 1.15 bits per heavy atom. The molecule has 0 aromatic rings. The predicted molar refractivity (Wildman–Crippen MR) is 53.5 cm³/mol. The largest absolute Gasteiger partial charge is 0.393 e. The van der Waals surface area contributed by atoms with Crippen LogP contribution in [0.4, 0.5) is 0 Å². The number of hydrogen-bond donors (Lipinski definition) is 2. The minimum Gasteiger partial charge on any atom is -0.393 e. The summed E-state index contributed by atoms with van der Waals surface area (Å²) in [5, 5.41) is 13.0. The molecule has 0 saturated heterocycles. The number of hydrogen-bond acceptors (Lipinski definition) is 2. The van der Waals surface area contributed by atoms with E-state index in [-0.39, 0.29) is 6.10 Å². The first kappa shape index (κ1) is 9.47. The average Bonchev–Trinajstić information content (AvgIpc) is 2.50. The lowest BCUT2D eigenvalue weighted by atomic mass is 9.71. The van der Waals surface area contributed by atoms with Crippen LogP contribution in [-0.4, -0.2) is 23.3 Å². The molecule has 0 radical (unpaired) electrons. The molecule has 2 aliphatic rings. The van der Waals surface area contributed by atoms with Crippen LogP contribution in [0.2, 0.25) is 0 Å². The number of aliphatic hydroxyl groups excluding tert-OH is 1. The molecule has 0 amide bonds. The Balaban J connectivity index is 1.74. The van der Waals surface area contributed by atoms with Crippen LogP contribution in [0.3, 0.4) is 0 Å². The highest BCUT2D eigenvalue weighted by Gasteiger charge is 2.36. The fraction of sp³-hybridized carbons (Fsp3) is 1.00. The zero-order chi connectivity index (χ0) is 9.42. The van der Waals surface area contributed by atoms with E-state index in [0.29, 0.717) is 6.04 Å². The molecule has 0 spiro atoms. The van der Waals surface area contributed by atoms with Crippen LogP contribution in [0, 0.1) is 11.8 Å². The van der Waals surface area contributed by atoms with Gasteiger partial charge in [-0.15, -0.1) is 0 Å². The van der Waals surface area contributed by atoms with Crippen molar-refractivity contribution in [1.82, 2.24) is 5.32 Å². The van der Waals surface area contributed by atoms with E-state index in [1.54, 1.807) is 0 Å². The minimum atomic E-state index is -0.0368. The highest BCUT2D eigenvalue weighted by Crippen LogP contribution is 2.35. The first-order valence-corrected chi connectivity index (χ1v) is 5.61. The van der Waals surface area contributed by atoms with Gasteiger partial charge in [0.2, 0.25) is 0 Å². The predicted octanol–water partition coefficient (Wildman–Crippen LogP) is 1.53. The maximum absolute atomic E-state index is 9.38. The molecule has 2 saturated carbocycles. The second kappa shape index (κ2) is 3.58. The summed E-state index contributed by atoms with van der Waals surface area (Å²) < 4.78 is 0. The topological polar surface area (TPSA) is 32.3 Å². The Morgan fingerprint density at radius 2 is 1.92 bits per heavy atom. The third-order valence-electron chi connectivity index (χ3n) is 4.01. The third-order valence-corrected chi connectivity index (χ3v) is 4.01. The van der Waals surface area contributed by atoms with Crippen LogP contribution in [0.25, 0.3) is 0 Å². The van der Waals surface area contributed by atoms with Crippen LogP contribution in [0.5, 0.6) is 0 Å². The standard InChI is InChI=1S/C11H21NO/c1-7-5-11(8(7)2)12-9-3-4-10(13)6-9/h7-13H,3-6H2,1-2H3/t7?,8?,9-,10+,11?/m0/s1. The Morgan fingerprint density at radius 3 is 2.38 bits per heavy atom. The monoisotopic (exact) mass is 183 g/mol. The molecule has 3 unspecified atom stereocenters. The molecule has 0 aromatic heterocycles. The van der Waals surface area contributed by atoms with Crippen LogP contribution in [0.15, 0.2) is 0 Å². The maximum Gasteiger partial charge on any atom is 0.0555 e. The molecule has 0 aromatic carbocycles. The van der Waals surface area contributed by atoms with E-state index in [4.69, 9.17) is 0 Å². The van der Waals surface area contributed by atoms with Crippen molar-refractivity contribution in [2.75, 3.05) is 0 Å². The molecular weight excluding hydrogens is 162 g/mol. The lowest BCUT2D eigenvalue weighted by Gasteiger charge is -2.43. The highest BCUT2D eigenvalue weighted by atomic mass is 16.3. The van der Waals surface area contributed by atoms with E-state index in [2.05, 4.69) is 19.2 Å². The second-order valence-corrected chi connectivity index (χ2v) is 5.01. The van der Waals surface area contributed by atoms with Gasteiger partial charge in [0.15, 0.2) is 0 Å². The molecule has 5 atom stereocenters. The van der Waals surface area contributed by atoms with Gasteiger partial charge in [-0.2, -0.15) is 0 Å². The van der Waals surface area contributed by atoms with Gasteiger partial charge in [0.1, 0.15) is 0 Å². The first-order valence-electron chi connectivity index (χ1n) is 5.61. The van der Waals surface area contributed by atoms with E-state index in [1.807, 2.05) is 0 Å². The second-order valence-electron chi connectivity index (χ2n) is 5.01. The Labute approximate surface area is 80.7 Å². The molecule has 0 aliphatic heterocycles. The van der Waals surface area contributed by atoms with Gasteiger partial charge in [0.05, 0.1) is 6.10 Å². The number of aliphatic hydroxyl groups is 1. The molecule has 76 valence electrons. The van der Waals surface area contributed by atoms with Gasteiger partial charge < -0.3 is 10.4 Å². The molecular formula is C11H21NO. The van der Waals surface area contributed by atoms with Gasteiger partial charge in [-0.05, 0) is 37.5 Å². The SMILES string of the molecule is CC1CC(N[C@H]2CC[C@@H](O)C2)C1C. The summed E-state index contributed by atoms with van der Waals surface area (Å²) in [4.78, 5) is 0. The van der Waals surface area contributed by atoms with Gasteiger partial charge in [-0.3, -0.25) is 0 Å². The summed E-state index contributed by atoms with van der Waals surface area (Å²) >= 11 is 0. The van der Waals surface area contributed by atoms with Crippen LogP contribution < -0.4 is 5.32 Å². The Kier molecular flexibility index (Phi) is 2.61. The number of nitrogens with one attached hydrogen (secondary N) is 1.